The summed E-state index contributed by atoms with van der Waals surface area (Å²) in [5, 5.41) is 29.5. The zero-order valence-electron chi connectivity index (χ0n) is 11.1. The predicted molar refractivity (Wildman–Crippen MR) is 74.0 cm³/mol. The van der Waals surface area contributed by atoms with Gasteiger partial charge in [-0.2, -0.15) is 5.26 Å². The van der Waals surface area contributed by atoms with Gasteiger partial charge in [-0.25, -0.2) is 0 Å². The van der Waals surface area contributed by atoms with Crippen LogP contribution in [-0.2, 0) is 6.54 Å². The topological polar surface area (TPSA) is 109 Å². The van der Waals surface area contributed by atoms with Crippen LogP contribution in [0.3, 0.4) is 0 Å². The van der Waals surface area contributed by atoms with Crippen LogP contribution in [0.15, 0.2) is 35.1 Å². The normalized spacial score (nSPS) is 10.1. The monoisotopic (exact) mass is 285 g/mol. The molecule has 1 N–H and O–H groups in total. The highest BCUT2D eigenvalue weighted by atomic mass is 16.6. The lowest BCUT2D eigenvalue weighted by Crippen LogP contribution is -2.21. The molecule has 21 heavy (non-hydrogen) atoms. The minimum absolute atomic E-state index is 0.0254. The van der Waals surface area contributed by atoms with Crippen LogP contribution in [-0.4, -0.2) is 14.6 Å². The van der Waals surface area contributed by atoms with Crippen molar-refractivity contribution in [1.82, 2.24) is 4.57 Å². The van der Waals surface area contributed by atoms with E-state index in [9.17, 15) is 20.0 Å². The van der Waals surface area contributed by atoms with E-state index in [1.54, 1.807) is 6.92 Å². The molecule has 0 spiro atoms. The molecule has 0 fully saturated rings. The number of benzene rings is 1. The van der Waals surface area contributed by atoms with Crippen LogP contribution in [0, 0.1) is 28.4 Å². The summed E-state index contributed by atoms with van der Waals surface area (Å²) in [7, 11) is 0. The smallest absolute Gasteiger partial charge is 0.269 e. The lowest BCUT2D eigenvalue weighted by Gasteiger charge is -2.11. The van der Waals surface area contributed by atoms with Gasteiger partial charge in [0.2, 0.25) is 5.88 Å². The molecular weight excluding hydrogens is 274 g/mol. The van der Waals surface area contributed by atoms with Gasteiger partial charge < -0.3 is 5.11 Å². The van der Waals surface area contributed by atoms with E-state index in [-0.39, 0.29) is 17.8 Å². The third kappa shape index (κ3) is 2.74. The first-order valence-corrected chi connectivity index (χ1v) is 6.01. The Kier molecular flexibility index (Phi) is 3.71. The van der Waals surface area contributed by atoms with Crippen molar-refractivity contribution in [3.05, 3.63) is 67.5 Å². The number of pyridine rings is 1. The Morgan fingerprint density at radius 3 is 2.52 bits per heavy atom. The number of nitrogens with zero attached hydrogens (tertiary/aromatic N) is 3. The number of non-ortho nitro benzene ring substituents is 1. The van der Waals surface area contributed by atoms with Gasteiger partial charge in [0.1, 0.15) is 11.6 Å². The van der Waals surface area contributed by atoms with Crippen LogP contribution in [0.25, 0.3) is 0 Å². The standard InChI is InChI=1S/C14H11N3O4/c1-9-6-13(18)16(14(19)12(9)7-15)8-10-2-4-11(5-3-10)17(20)21/h2-6,19H,8H2,1H3. The van der Waals surface area contributed by atoms with Gasteiger partial charge in [0, 0.05) is 18.2 Å². The van der Waals surface area contributed by atoms with E-state index in [4.69, 9.17) is 5.26 Å². The molecule has 0 aliphatic heterocycles. The van der Waals surface area contributed by atoms with E-state index >= 15 is 0 Å². The summed E-state index contributed by atoms with van der Waals surface area (Å²) in [6.45, 7) is 1.59. The molecule has 1 aromatic heterocycles. The number of hydrogen-bond acceptors (Lipinski definition) is 5. The van der Waals surface area contributed by atoms with E-state index < -0.39 is 16.4 Å². The van der Waals surface area contributed by atoms with Crippen LogP contribution >= 0.6 is 0 Å². The second-order valence-electron chi connectivity index (χ2n) is 4.49. The Balaban J connectivity index is 2.43. The minimum Gasteiger partial charge on any atom is -0.493 e. The summed E-state index contributed by atoms with van der Waals surface area (Å²) in [6.07, 6.45) is 0. The molecule has 1 aromatic carbocycles. The summed E-state index contributed by atoms with van der Waals surface area (Å²) < 4.78 is 1.05. The highest BCUT2D eigenvalue weighted by molar-refractivity contribution is 5.44. The van der Waals surface area contributed by atoms with E-state index in [0.717, 1.165) is 4.57 Å². The minimum atomic E-state index is -0.521. The zero-order valence-corrected chi connectivity index (χ0v) is 11.1. The van der Waals surface area contributed by atoms with Gasteiger partial charge in [0.25, 0.3) is 11.2 Å². The molecule has 1 heterocycles. The largest absolute Gasteiger partial charge is 0.493 e. The molecule has 106 valence electrons. The maximum absolute atomic E-state index is 11.9. The predicted octanol–water partition coefficient (Wildman–Crippen LogP) is 1.69. The van der Waals surface area contributed by atoms with Crippen molar-refractivity contribution in [2.75, 3.05) is 0 Å². The van der Waals surface area contributed by atoms with Crippen molar-refractivity contribution in [3.63, 3.8) is 0 Å². The van der Waals surface area contributed by atoms with E-state index in [1.165, 1.54) is 30.3 Å². The lowest BCUT2D eigenvalue weighted by atomic mass is 10.1. The summed E-state index contributed by atoms with van der Waals surface area (Å²) in [5.74, 6) is -0.402. The summed E-state index contributed by atoms with van der Waals surface area (Å²) in [6, 6.07) is 8.73. The first-order valence-electron chi connectivity index (χ1n) is 6.01. The fourth-order valence-electron chi connectivity index (χ4n) is 1.95. The number of rotatable bonds is 3. The molecule has 0 unspecified atom stereocenters. The van der Waals surface area contributed by atoms with E-state index in [2.05, 4.69) is 0 Å². The molecule has 0 saturated heterocycles. The molecular formula is C14H11N3O4. The van der Waals surface area contributed by atoms with Gasteiger partial charge in [-0.15, -0.1) is 0 Å². The fourth-order valence-corrected chi connectivity index (χ4v) is 1.95. The van der Waals surface area contributed by atoms with Crippen LogP contribution < -0.4 is 5.56 Å². The van der Waals surface area contributed by atoms with Crippen LogP contribution in [0.1, 0.15) is 16.7 Å². The number of nitro groups is 1. The van der Waals surface area contributed by atoms with Crippen molar-refractivity contribution in [1.29, 1.82) is 5.26 Å². The zero-order chi connectivity index (χ0) is 15.6. The van der Waals surface area contributed by atoms with Gasteiger partial charge >= 0.3 is 0 Å². The van der Waals surface area contributed by atoms with Gasteiger partial charge in [0.05, 0.1) is 11.5 Å². The third-order valence-electron chi connectivity index (χ3n) is 3.08. The molecule has 0 amide bonds. The Morgan fingerprint density at radius 2 is 2.00 bits per heavy atom. The second kappa shape index (κ2) is 5.46. The molecule has 0 saturated carbocycles. The van der Waals surface area contributed by atoms with Crippen molar-refractivity contribution in [2.45, 2.75) is 13.5 Å². The Morgan fingerprint density at radius 1 is 1.38 bits per heavy atom. The molecule has 0 aliphatic rings. The number of aryl methyl sites for hydroxylation is 1. The number of nitro benzene ring substituents is 1. The molecule has 7 heteroatoms. The molecule has 0 atom stereocenters. The highest BCUT2D eigenvalue weighted by Crippen LogP contribution is 2.19. The number of nitriles is 1. The van der Waals surface area contributed by atoms with Crippen molar-refractivity contribution < 1.29 is 10.0 Å². The molecule has 0 aliphatic carbocycles. The maximum Gasteiger partial charge on any atom is 0.269 e. The van der Waals surface area contributed by atoms with Gasteiger partial charge in [0.15, 0.2) is 0 Å². The Bertz CT molecular complexity index is 801. The van der Waals surface area contributed by atoms with E-state index in [0.29, 0.717) is 11.1 Å². The van der Waals surface area contributed by atoms with Crippen molar-refractivity contribution in [2.24, 2.45) is 0 Å². The van der Waals surface area contributed by atoms with Gasteiger partial charge in [-0.3, -0.25) is 19.5 Å². The molecule has 2 aromatic rings. The van der Waals surface area contributed by atoms with Crippen molar-refractivity contribution >= 4 is 5.69 Å². The number of aromatic hydroxyl groups is 1. The second-order valence-corrected chi connectivity index (χ2v) is 4.49. The highest BCUT2D eigenvalue weighted by Gasteiger charge is 2.13. The fraction of sp³-hybridized carbons (Fsp3) is 0.143. The first kappa shape index (κ1) is 14.3. The van der Waals surface area contributed by atoms with Crippen LogP contribution in [0.5, 0.6) is 5.88 Å². The molecule has 2 rings (SSSR count). The number of aromatic nitrogens is 1. The average Bonchev–Trinajstić information content (AvgIpc) is 2.44. The maximum atomic E-state index is 11.9. The average molecular weight is 285 g/mol. The molecule has 0 bridgehead atoms. The third-order valence-corrected chi connectivity index (χ3v) is 3.08. The summed E-state index contributed by atoms with van der Waals surface area (Å²) in [5.41, 5.74) is 0.543. The van der Waals surface area contributed by atoms with Crippen LogP contribution in [0.2, 0.25) is 0 Å². The quantitative estimate of drug-likeness (QED) is 0.681. The summed E-state index contributed by atoms with van der Waals surface area (Å²) in [4.78, 5) is 21.9. The Labute approximate surface area is 119 Å². The summed E-state index contributed by atoms with van der Waals surface area (Å²) >= 11 is 0. The lowest BCUT2D eigenvalue weighted by molar-refractivity contribution is -0.384. The van der Waals surface area contributed by atoms with Gasteiger partial charge in [-0.05, 0) is 18.1 Å². The first-order chi connectivity index (χ1) is 9.93. The number of hydrogen-bond donors (Lipinski definition) is 1. The Hall–Kier alpha value is -3.14. The molecule has 7 nitrogen and oxygen atoms in total. The van der Waals surface area contributed by atoms with Crippen LogP contribution in [0.4, 0.5) is 5.69 Å². The SMILES string of the molecule is Cc1cc(=O)n(Cc2ccc([N+](=O)[O-])cc2)c(O)c1C#N. The van der Waals surface area contributed by atoms with Crippen molar-refractivity contribution in [3.8, 4) is 11.9 Å². The van der Waals surface area contributed by atoms with Gasteiger partial charge in [-0.1, -0.05) is 12.1 Å². The van der Waals surface area contributed by atoms with E-state index in [1.807, 2.05) is 6.07 Å². The molecule has 0 radical (unpaired) electrons.